The normalized spacial score (nSPS) is 24.8. The van der Waals surface area contributed by atoms with E-state index in [-0.39, 0.29) is 50.6 Å². The van der Waals surface area contributed by atoms with Crippen molar-refractivity contribution in [2.75, 3.05) is 13.1 Å². The predicted molar refractivity (Wildman–Crippen MR) is 149 cm³/mol. The standard InChI is InChI=1S/C24H42N10O8/c1-11-19(38)32-15(7-5-9-29-24(26)27)21(40)31-12(2)20(39)34-18(14(25)10-17(36)37)23(42)33-16(22(41)30-11)6-4-8-28-13(3)35/h11-12,14-16,18H,4-10,25H2,1-3H3,(H,28,35)(H,30,41)(H,31,40)(H,32,38)(H,33,42)(H,34,39)(H,36,37)(H4,26,27,29)/t11-,12-,14?,15-,16-,18-/m0/s1. The number of aliphatic carboxylic acids is 1. The molecule has 18 nitrogen and oxygen atoms in total. The van der Waals surface area contributed by atoms with Crippen LogP contribution in [0, 0.1) is 0 Å². The minimum absolute atomic E-state index is 0.00485. The Bertz CT molecular complexity index is 1050. The molecule has 0 aromatic rings. The van der Waals surface area contributed by atoms with Crippen LogP contribution in [0.1, 0.15) is 52.9 Å². The van der Waals surface area contributed by atoms with Gasteiger partial charge in [-0.15, -0.1) is 0 Å². The van der Waals surface area contributed by atoms with Crippen molar-refractivity contribution < 1.29 is 38.7 Å². The first-order valence-electron chi connectivity index (χ1n) is 13.4. The van der Waals surface area contributed by atoms with Gasteiger partial charge in [0.2, 0.25) is 35.4 Å². The van der Waals surface area contributed by atoms with Gasteiger partial charge < -0.3 is 54.2 Å². The molecule has 0 spiro atoms. The molecule has 1 aliphatic rings. The number of guanidine groups is 1. The largest absolute Gasteiger partial charge is 0.481 e. The van der Waals surface area contributed by atoms with Crippen molar-refractivity contribution in [3.63, 3.8) is 0 Å². The van der Waals surface area contributed by atoms with E-state index in [1.807, 2.05) is 0 Å². The summed E-state index contributed by atoms with van der Waals surface area (Å²) < 4.78 is 0. The number of nitrogens with one attached hydrogen (secondary N) is 6. The molecule has 6 amide bonds. The fourth-order valence-electron chi connectivity index (χ4n) is 3.89. The Labute approximate surface area is 242 Å². The zero-order chi connectivity index (χ0) is 32.0. The van der Waals surface area contributed by atoms with E-state index in [1.165, 1.54) is 20.8 Å². The number of carboxylic acid groups (broad SMARTS) is 1. The fraction of sp³-hybridized carbons (Fsp3) is 0.667. The van der Waals surface area contributed by atoms with E-state index in [1.54, 1.807) is 0 Å². The number of carbonyl (C=O) groups excluding carboxylic acids is 6. The maximum Gasteiger partial charge on any atom is 0.305 e. The Morgan fingerprint density at radius 3 is 1.83 bits per heavy atom. The molecule has 236 valence electrons. The fourth-order valence-corrected chi connectivity index (χ4v) is 3.89. The molecule has 1 heterocycles. The lowest BCUT2D eigenvalue weighted by molar-refractivity contribution is -0.139. The van der Waals surface area contributed by atoms with Crippen molar-refractivity contribution in [3.8, 4) is 0 Å². The van der Waals surface area contributed by atoms with E-state index in [4.69, 9.17) is 17.2 Å². The van der Waals surface area contributed by atoms with Crippen LogP contribution in [-0.2, 0) is 33.6 Å². The van der Waals surface area contributed by atoms with Crippen molar-refractivity contribution in [1.29, 1.82) is 0 Å². The topological polar surface area (TPSA) is 302 Å². The highest BCUT2D eigenvalue weighted by Crippen LogP contribution is 2.06. The molecule has 18 heteroatoms. The molecule has 1 aliphatic heterocycles. The van der Waals surface area contributed by atoms with Crippen molar-refractivity contribution in [2.24, 2.45) is 22.2 Å². The number of carbonyl (C=O) groups is 7. The average Bonchev–Trinajstić information content (AvgIpc) is 2.88. The van der Waals surface area contributed by atoms with Crippen LogP contribution < -0.4 is 49.1 Å². The van der Waals surface area contributed by atoms with E-state index in [2.05, 4.69) is 36.9 Å². The summed E-state index contributed by atoms with van der Waals surface area (Å²) in [6, 6.07) is -7.81. The second kappa shape index (κ2) is 17.4. The van der Waals surface area contributed by atoms with Gasteiger partial charge in [0.25, 0.3) is 0 Å². The molecule has 1 unspecified atom stereocenters. The van der Waals surface area contributed by atoms with Gasteiger partial charge in [-0.3, -0.25) is 38.6 Å². The van der Waals surface area contributed by atoms with Gasteiger partial charge >= 0.3 is 5.97 Å². The van der Waals surface area contributed by atoms with Crippen LogP contribution in [0.3, 0.4) is 0 Å². The third-order valence-corrected chi connectivity index (χ3v) is 6.18. The second-order valence-electron chi connectivity index (χ2n) is 9.90. The third-order valence-electron chi connectivity index (χ3n) is 6.18. The molecule has 13 N–H and O–H groups in total. The Kier molecular flexibility index (Phi) is 14.7. The molecule has 0 saturated carbocycles. The summed E-state index contributed by atoms with van der Waals surface area (Å²) in [5.74, 6) is -5.86. The first-order valence-corrected chi connectivity index (χ1v) is 13.4. The lowest BCUT2D eigenvalue weighted by Crippen LogP contribution is -2.62. The second-order valence-corrected chi connectivity index (χ2v) is 9.90. The van der Waals surface area contributed by atoms with E-state index in [0.717, 1.165) is 0 Å². The van der Waals surface area contributed by atoms with E-state index in [0.29, 0.717) is 0 Å². The van der Waals surface area contributed by atoms with Crippen LogP contribution in [0.25, 0.3) is 0 Å². The minimum atomic E-state index is -1.60. The van der Waals surface area contributed by atoms with Crippen molar-refractivity contribution in [2.45, 2.75) is 89.1 Å². The summed E-state index contributed by atoms with van der Waals surface area (Å²) in [6.45, 7) is 4.33. The Morgan fingerprint density at radius 1 is 0.833 bits per heavy atom. The summed E-state index contributed by atoms with van der Waals surface area (Å²) in [6.07, 6.45) is -0.111. The van der Waals surface area contributed by atoms with Crippen LogP contribution in [-0.4, -0.2) is 102 Å². The maximum atomic E-state index is 13.2. The number of nitrogens with zero attached hydrogens (tertiary/aromatic N) is 1. The van der Waals surface area contributed by atoms with Crippen LogP contribution >= 0.6 is 0 Å². The van der Waals surface area contributed by atoms with Gasteiger partial charge in [-0.25, -0.2) is 0 Å². The van der Waals surface area contributed by atoms with Gasteiger partial charge in [-0.1, -0.05) is 0 Å². The van der Waals surface area contributed by atoms with Gasteiger partial charge in [0.05, 0.1) is 6.42 Å². The molecule has 0 aliphatic carbocycles. The highest BCUT2D eigenvalue weighted by molar-refractivity contribution is 5.98. The zero-order valence-corrected chi connectivity index (χ0v) is 23.9. The summed E-state index contributed by atoms with van der Waals surface area (Å²) in [5.41, 5.74) is 16.6. The first kappa shape index (κ1) is 35.5. The number of nitrogens with two attached hydrogens (primary N) is 3. The number of rotatable bonds is 11. The Balaban J connectivity index is 3.36. The van der Waals surface area contributed by atoms with Crippen LogP contribution in [0.5, 0.6) is 0 Å². The molecule has 1 fully saturated rings. The lowest BCUT2D eigenvalue weighted by Gasteiger charge is -2.27. The molecular weight excluding hydrogens is 556 g/mol. The summed E-state index contributed by atoms with van der Waals surface area (Å²) in [5, 5.41) is 24.0. The monoisotopic (exact) mass is 598 g/mol. The molecule has 0 aromatic heterocycles. The highest BCUT2D eigenvalue weighted by Gasteiger charge is 2.35. The van der Waals surface area contributed by atoms with Gasteiger partial charge in [-0.2, -0.15) is 0 Å². The Morgan fingerprint density at radius 2 is 1.33 bits per heavy atom. The number of aliphatic imine (C=N–C) groups is 1. The number of hydrogen-bond acceptors (Lipinski definition) is 9. The lowest BCUT2D eigenvalue weighted by atomic mass is 10.0. The number of carboxylic acids is 1. The zero-order valence-electron chi connectivity index (χ0n) is 23.9. The van der Waals surface area contributed by atoms with Gasteiger partial charge in [0, 0.05) is 26.1 Å². The molecule has 0 aromatic carbocycles. The summed E-state index contributed by atoms with van der Waals surface area (Å²) in [7, 11) is 0. The van der Waals surface area contributed by atoms with Crippen molar-refractivity contribution in [1.82, 2.24) is 31.9 Å². The van der Waals surface area contributed by atoms with Crippen molar-refractivity contribution in [3.05, 3.63) is 0 Å². The first-order chi connectivity index (χ1) is 19.6. The summed E-state index contributed by atoms with van der Waals surface area (Å²) in [4.78, 5) is 91.7. The third kappa shape index (κ3) is 12.8. The molecule has 6 atom stereocenters. The average molecular weight is 599 g/mol. The van der Waals surface area contributed by atoms with Gasteiger partial charge in [0.1, 0.15) is 30.2 Å². The smallest absolute Gasteiger partial charge is 0.305 e. The molecule has 42 heavy (non-hydrogen) atoms. The van der Waals surface area contributed by atoms with Gasteiger partial charge in [-0.05, 0) is 39.5 Å². The molecule has 0 bridgehead atoms. The number of amides is 6. The van der Waals surface area contributed by atoms with E-state index < -0.39 is 78.2 Å². The molecular formula is C24H42N10O8. The molecule has 1 rings (SSSR count). The van der Waals surface area contributed by atoms with E-state index in [9.17, 15) is 38.7 Å². The predicted octanol–water partition coefficient (Wildman–Crippen LogP) is -4.76. The van der Waals surface area contributed by atoms with E-state index >= 15 is 0 Å². The SMILES string of the molecule is CC(=O)NCCC[C@@H]1NC(=O)[C@H](C(N)CC(=O)O)NC(=O)[C@H](C)NC(=O)[C@H](CCCN=C(N)N)NC(=O)[C@H](C)NC1=O. The van der Waals surface area contributed by atoms with Crippen LogP contribution in [0.2, 0.25) is 0 Å². The quantitative estimate of drug-likeness (QED) is 0.0611. The minimum Gasteiger partial charge on any atom is -0.481 e. The molecule has 0 radical (unpaired) electrons. The number of hydrogen-bond donors (Lipinski definition) is 10. The molecule has 1 saturated heterocycles. The summed E-state index contributed by atoms with van der Waals surface area (Å²) >= 11 is 0. The Hall–Kier alpha value is -4.48. The van der Waals surface area contributed by atoms with Crippen LogP contribution in [0.4, 0.5) is 0 Å². The highest BCUT2D eigenvalue weighted by atomic mass is 16.4. The maximum absolute atomic E-state index is 13.2. The van der Waals surface area contributed by atoms with Gasteiger partial charge in [0.15, 0.2) is 5.96 Å². The van der Waals surface area contributed by atoms with Crippen molar-refractivity contribution >= 4 is 47.4 Å². The van der Waals surface area contributed by atoms with Crippen LogP contribution in [0.15, 0.2) is 4.99 Å².